The smallest absolute Gasteiger partial charge is 0.280 e. The molecule has 0 atom stereocenters. The topological polar surface area (TPSA) is 121 Å². The van der Waals surface area contributed by atoms with Gasteiger partial charge < -0.3 is 4.57 Å². The third kappa shape index (κ3) is 3.78. The summed E-state index contributed by atoms with van der Waals surface area (Å²) in [5, 5.41) is 22.0. The van der Waals surface area contributed by atoms with Crippen molar-refractivity contribution in [2.24, 2.45) is 4.99 Å². The summed E-state index contributed by atoms with van der Waals surface area (Å²) >= 11 is 1.09. The molecule has 1 amide bonds. The molecular formula is C17H13FN4O5S. The minimum atomic E-state index is -0.858. The number of hydrogen-bond acceptors (Lipinski definition) is 6. The fourth-order valence-corrected chi connectivity index (χ4v) is 3.73. The van der Waals surface area contributed by atoms with E-state index in [-0.39, 0.29) is 10.4 Å². The molecule has 3 rings (SSSR count). The first-order valence-electron chi connectivity index (χ1n) is 8.12. The SMILES string of the molecule is CCCn1c(=NC(=O)c2cc([N+](=O)[O-])cc([N+](=O)[O-])c2)sc2cc(F)ccc21. The molecule has 144 valence electrons. The molecule has 0 bridgehead atoms. The second-order valence-corrected chi connectivity index (χ2v) is 6.83. The Morgan fingerprint density at radius 1 is 1.14 bits per heavy atom. The largest absolute Gasteiger partial charge is 0.316 e. The van der Waals surface area contributed by atoms with E-state index < -0.39 is 32.9 Å². The zero-order valence-corrected chi connectivity index (χ0v) is 15.3. The summed E-state index contributed by atoms with van der Waals surface area (Å²) in [4.78, 5) is 37.2. The van der Waals surface area contributed by atoms with Gasteiger partial charge in [-0.1, -0.05) is 18.3 Å². The zero-order chi connectivity index (χ0) is 20.4. The third-order valence-electron chi connectivity index (χ3n) is 3.86. The molecule has 1 aromatic heterocycles. The Bertz CT molecular complexity index is 1150. The molecule has 9 nitrogen and oxygen atoms in total. The molecule has 3 aromatic rings. The number of nitrogens with zero attached hydrogens (tertiary/aromatic N) is 4. The maximum atomic E-state index is 13.5. The summed E-state index contributed by atoms with van der Waals surface area (Å²) < 4.78 is 15.8. The van der Waals surface area contributed by atoms with Crippen LogP contribution in [-0.2, 0) is 6.54 Å². The van der Waals surface area contributed by atoms with Crippen LogP contribution in [0.2, 0.25) is 0 Å². The van der Waals surface area contributed by atoms with Crippen molar-refractivity contribution in [3.8, 4) is 0 Å². The van der Waals surface area contributed by atoms with E-state index in [1.807, 2.05) is 6.92 Å². The maximum absolute atomic E-state index is 13.5. The van der Waals surface area contributed by atoms with Crippen LogP contribution in [0, 0.1) is 26.0 Å². The molecule has 0 saturated carbocycles. The van der Waals surface area contributed by atoms with Gasteiger partial charge in [-0.25, -0.2) is 4.39 Å². The molecule has 0 saturated heterocycles. The van der Waals surface area contributed by atoms with Gasteiger partial charge >= 0.3 is 0 Å². The molecule has 0 radical (unpaired) electrons. The van der Waals surface area contributed by atoms with Gasteiger partial charge in [0.25, 0.3) is 17.3 Å². The number of hydrogen-bond donors (Lipinski definition) is 0. The normalized spacial score (nSPS) is 11.7. The molecule has 11 heteroatoms. The lowest BCUT2D eigenvalue weighted by Gasteiger charge is -2.02. The number of nitro benzene ring substituents is 2. The summed E-state index contributed by atoms with van der Waals surface area (Å²) in [6.07, 6.45) is 0.729. The first-order chi connectivity index (χ1) is 13.3. The molecule has 28 heavy (non-hydrogen) atoms. The number of amides is 1. The molecule has 1 heterocycles. The zero-order valence-electron chi connectivity index (χ0n) is 14.5. The number of carbonyl (C=O) groups is 1. The van der Waals surface area contributed by atoms with Gasteiger partial charge in [0.05, 0.1) is 31.7 Å². The number of aromatic nitrogens is 1. The second-order valence-electron chi connectivity index (χ2n) is 5.82. The lowest BCUT2D eigenvalue weighted by molar-refractivity contribution is -0.394. The van der Waals surface area contributed by atoms with Crippen LogP contribution >= 0.6 is 11.3 Å². The number of fused-ring (bicyclic) bond motifs is 1. The average molecular weight is 404 g/mol. The van der Waals surface area contributed by atoms with E-state index >= 15 is 0 Å². The van der Waals surface area contributed by atoms with Crippen LogP contribution in [0.5, 0.6) is 0 Å². The van der Waals surface area contributed by atoms with E-state index in [0.29, 0.717) is 16.8 Å². The monoisotopic (exact) mass is 404 g/mol. The Kier molecular flexibility index (Phi) is 5.27. The molecule has 0 unspecified atom stereocenters. The van der Waals surface area contributed by atoms with Gasteiger partial charge in [-0.15, -0.1) is 0 Å². The fraction of sp³-hybridized carbons (Fsp3) is 0.176. The van der Waals surface area contributed by atoms with Crippen LogP contribution in [-0.4, -0.2) is 20.3 Å². The van der Waals surface area contributed by atoms with E-state index in [2.05, 4.69) is 4.99 Å². The quantitative estimate of drug-likeness (QED) is 0.473. The Hall–Kier alpha value is -3.47. The van der Waals surface area contributed by atoms with Gasteiger partial charge in [-0.3, -0.25) is 25.0 Å². The average Bonchev–Trinajstić information content (AvgIpc) is 2.97. The van der Waals surface area contributed by atoms with Gasteiger partial charge in [0.1, 0.15) is 5.82 Å². The van der Waals surface area contributed by atoms with Crippen molar-refractivity contribution in [3.05, 3.63) is 72.8 Å². The van der Waals surface area contributed by atoms with Crippen LogP contribution in [0.25, 0.3) is 10.2 Å². The fourth-order valence-electron chi connectivity index (χ4n) is 2.65. The predicted octanol–water partition coefficient (Wildman–Crippen LogP) is 3.81. The van der Waals surface area contributed by atoms with Gasteiger partial charge in [-0.05, 0) is 24.6 Å². The number of rotatable bonds is 5. The standard InChI is InChI=1S/C17H13FN4O5S/c1-2-5-20-14-4-3-11(18)8-15(14)28-17(20)19-16(23)10-6-12(21(24)25)9-13(7-10)22(26)27/h3-4,6-9H,2,5H2,1H3. The minimum Gasteiger partial charge on any atom is -0.316 e. The molecular weight excluding hydrogens is 391 g/mol. The van der Waals surface area contributed by atoms with Crippen molar-refractivity contribution in [2.75, 3.05) is 0 Å². The highest BCUT2D eigenvalue weighted by Crippen LogP contribution is 2.24. The second kappa shape index (κ2) is 7.64. The number of non-ortho nitro benzene ring substituents is 2. The van der Waals surface area contributed by atoms with Crippen LogP contribution in [0.1, 0.15) is 23.7 Å². The van der Waals surface area contributed by atoms with Crippen molar-refractivity contribution in [1.82, 2.24) is 4.57 Å². The first kappa shape index (κ1) is 19.3. The summed E-state index contributed by atoms with van der Waals surface area (Å²) in [5.41, 5.74) is -0.724. The summed E-state index contributed by atoms with van der Waals surface area (Å²) in [7, 11) is 0. The van der Waals surface area contributed by atoms with Gasteiger partial charge in [0.15, 0.2) is 4.80 Å². The lowest BCUT2D eigenvalue weighted by Crippen LogP contribution is -2.17. The molecule has 0 fully saturated rings. The Morgan fingerprint density at radius 2 is 1.79 bits per heavy atom. The number of nitro groups is 2. The van der Waals surface area contributed by atoms with E-state index in [1.54, 1.807) is 10.6 Å². The Morgan fingerprint density at radius 3 is 2.36 bits per heavy atom. The van der Waals surface area contributed by atoms with Crippen LogP contribution in [0.4, 0.5) is 15.8 Å². The third-order valence-corrected chi connectivity index (χ3v) is 4.90. The number of benzene rings is 2. The molecule has 2 aromatic carbocycles. The van der Waals surface area contributed by atoms with Crippen LogP contribution in [0.15, 0.2) is 41.4 Å². The summed E-state index contributed by atoms with van der Waals surface area (Å²) in [5.74, 6) is -1.28. The van der Waals surface area contributed by atoms with E-state index in [1.165, 1.54) is 12.1 Å². The van der Waals surface area contributed by atoms with Crippen molar-refractivity contribution in [1.29, 1.82) is 0 Å². The van der Waals surface area contributed by atoms with Gasteiger partial charge in [0, 0.05) is 18.7 Å². The van der Waals surface area contributed by atoms with Crippen molar-refractivity contribution in [3.63, 3.8) is 0 Å². The highest BCUT2D eigenvalue weighted by atomic mass is 32.1. The van der Waals surface area contributed by atoms with Crippen molar-refractivity contribution in [2.45, 2.75) is 19.9 Å². The summed E-state index contributed by atoms with van der Waals surface area (Å²) in [6.45, 7) is 2.45. The minimum absolute atomic E-state index is 0.271. The Labute approximate surface area is 160 Å². The van der Waals surface area contributed by atoms with E-state index in [9.17, 15) is 29.4 Å². The van der Waals surface area contributed by atoms with Gasteiger partial charge in [0.2, 0.25) is 0 Å². The lowest BCUT2D eigenvalue weighted by atomic mass is 10.1. The number of halogens is 1. The van der Waals surface area contributed by atoms with E-state index in [0.717, 1.165) is 36.0 Å². The first-order valence-corrected chi connectivity index (χ1v) is 8.93. The van der Waals surface area contributed by atoms with Crippen LogP contribution < -0.4 is 4.80 Å². The molecule has 0 N–H and O–H groups in total. The maximum Gasteiger partial charge on any atom is 0.280 e. The van der Waals surface area contributed by atoms with Crippen LogP contribution in [0.3, 0.4) is 0 Å². The predicted molar refractivity (Wildman–Crippen MR) is 99.7 cm³/mol. The molecule has 0 aliphatic heterocycles. The number of thiazole rings is 1. The molecule has 0 aliphatic carbocycles. The Balaban J connectivity index is 2.16. The highest BCUT2D eigenvalue weighted by molar-refractivity contribution is 7.16. The summed E-state index contributed by atoms with van der Waals surface area (Å²) in [6, 6.07) is 6.87. The number of carbonyl (C=O) groups excluding carboxylic acids is 1. The van der Waals surface area contributed by atoms with Crippen molar-refractivity contribution < 1.29 is 19.0 Å². The van der Waals surface area contributed by atoms with Crippen molar-refractivity contribution >= 4 is 38.8 Å². The van der Waals surface area contributed by atoms with Gasteiger partial charge in [-0.2, -0.15) is 4.99 Å². The van der Waals surface area contributed by atoms with E-state index in [4.69, 9.17) is 0 Å². The molecule has 0 spiro atoms. The highest BCUT2D eigenvalue weighted by Gasteiger charge is 2.20. The number of aryl methyl sites for hydroxylation is 1. The molecule has 0 aliphatic rings.